The molecule has 2 aromatic rings. The number of benzene rings is 1. The highest BCUT2D eigenvalue weighted by atomic mass is 32.1. The molecule has 1 aromatic carbocycles. The van der Waals surface area contributed by atoms with Crippen molar-refractivity contribution in [3.8, 4) is 10.9 Å². The average Bonchev–Trinajstić information content (AvgIpc) is 3.26. The van der Waals surface area contributed by atoms with Crippen molar-refractivity contribution in [1.82, 2.24) is 15.2 Å². The van der Waals surface area contributed by atoms with Crippen LogP contribution in [0.4, 0.5) is 5.82 Å². The lowest BCUT2D eigenvalue weighted by Crippen LogP contribution is -2.62. The van der Waals surface area contributed by atoms with Crippen molar-refractivity contribution >= 4 is 23.1 Å². The molecule has 6 rings (SSSR count). The summed E-state index contributed by atoms with van der Waals surface area (Å²) in [6.45, 7) is 7.72. The molecular formula is C22H28N4O3S. The van der Waals surface area contributed by atoms with E-state index in [1.54, 1.807) is 0 Å². The summed E-state index contributed by atoms with van der Waals surface area (Å²) < 4.78 is 11.3. The molecule has 30 heavy (non-hydrogen) atoms. The van der Waals surface area contributed by atoms with E-state index in [0.717, 1.165) is 45.2 Å². The van der Waals surface area contributed by atoms with Gasteiger partial charge in [0.15, 0.2) is 0 Å². The predicted molar refractivity (Wildman–Crippen MR) is 117 cm³/mol. The van der Waals surface area contributed by atoms with Gasteiger partial charge in [0.25, 0.3) is 11.1 Å². The number of thiazole rings is 1. The van der Waals surface area contributed by atoms with E-state index in [0.29, 0.717) is 28.5 Å². The fourth-order valence-corrected chi connectivity index (χ4v) is 5.49. The van der Waals surface area contributed by atoms with Crippen LogP contribution in [0.3, 0.4) is 0 Å². The molecule has 5 heterocycles. The van der Waals surface area contributed by atoms with E-state index < -0.39 is 0 Å². The topological polar surface area (TPSA) is 66.9 Å². The van der Waals surface area contributed by atoms with E-state index >= 15 is 0 Å². The zero-order chi connectivity index (χ0) is 20.5. The molecule has 1 N–H and O–H groups in total. The van der Waals surface area contributed by atoms with Gasteiger partial charge in [-0.15, -0.1) is 0 Å². The number of rotatable bonds is 5. The number of nitrogens with one attached hydrogen (secondary N) is 1. The molecule has 0 unspecified atom stereocenters. The summed E-state index contributed by atoms with van der Waals surface area (Å²) in [7, 11) is 0. The van der Waals surface area contributed by atoms with Gasteiger partial charge in [0, 0.05) is 36.1 Å². The van der Waals surface area contributed by atoms with Gasteiger partial charge in [0.05, 0.1) is 13.2 Å². The molecule has 4 saturated heterocycles. The third-order valence-electron chi connectivity index (χ3n) is 6.60. The molecule has 8 heteroatoms. The first-order chi connectivity index (χ1) is 14.7. The van der Waals surface area contributed by atoms with Crippen molar-refractivity contribution in [2.45, 2.75) is 31.8 Å². The van der Waals surface area contributed by atoms with Crippen LogP contribution in [0, 0.1) is 5.92 Å². The van der Waals surface area contributed by atoms with Crippen LogP contribution in [0.1, 0.15) is 30.1 Å². The van der Waals surface area contributed by atoms with Crippen LogP contribution in [0.25, 0.3) is 0 Å². The maximum atomic E-state index is 12.8. The first kappa shape index (κ1) is 19.8. The van der Waals surface area contributed by atoms with E-state index in [4.69, 9.17) is 9.47 Å². The molecule has 7 nitrogen and oxygen atoms in total. The second-order valence-electron chi connectivity index (χ2n) is 8.31. The summed E-state index contributed by atoms with van der Waals surface area (Å²) in [5, 5.41) is 5.90. The number of morpholine rings is 1. The van der Waals surface area contributed by atoms with Gasteiger partial charge in [-0.05, 0) is 63.0 Å². The minimum atomic E-state index is -0.00370. The van der Waals surface area contributed by atoms with Crippen LogP contribution in [0.2, 0.25) is 0 Å². The largest absolute Gasteiger partial charge is 0.431 e. The van der Waals surface area contributed by atoms with E-state index in [-0.39, 0.29) is 11.9 Å². The first-order valence-corrected chi connectivity index (χ1v) is 11.7. The number of nitrogens with zero attached hydrogens (tertiary/aromatic N) is 3. The lowest BCUT2D eigenvalue weighted by molar-refractivity contribution is 0.0217. The Labute approximate surface area is 181 Å². The third-order valence-corrected chi connectivity index (χ3v) is 7.31. The summed E-state index contributed by atoms with van der Waals surface area (Å²) in [6.07, 6.45) is 2.37. The Kier molecular flexibility index (Phi) is 5.62. The van der Waals surface area contributed by atoms with Crippen LogP contribution >= 0.6 is 11.3 Å². The lowest BCUT2D eigenvalue weighted by Gasteiger charge is -2.49. The highest BCUT2D eigenvalue weighted by Crippen LogP contribution is 2.33. The van der Waals surface area contributed by atoms with Crippen LogP contribution < -0.4 is 15.0 Å². The van der Waals surface area contributed by atoms with Gasteiger partial charge in [-0.1, -0.05) is 11.3 Å². The summed E-state index contributed by atoms with van der Waals surface area (Å²) in [4.78, 5) is 22.1. The van der Waals surface area contributed by atoms with Gasteiger partial charge in [0.2, 0.25) is 0 Å². The molecule has 0 radical (unpaired) electrons. The van der Waals surface area contributed by atoms with E-state index in [1.807, 2.05) is 29.6 Å². The Morgan fingerprint density at radius 3 is 2.60 bits per heavy atom. The molecule has 2 atom stereocenters. The number of carbonyl (C=O) groups excluding carboxylic acids is 1. The molecule has 160 valence electrons. The third kappa shape index (κ3) is 4.04. The van der Waals surface area contributed by atoms with E-state index in [9.17, 15) is 4.79 Å². The number of piperidine rings is 3. The van der Waals surface area contributed by atoms with Crippen molar-refractivity contribution in [3.63, 3.8) is 0 Å². The highest BCUT2D eigenvalue weighted by molar-refractivity contribution is 7.11. The van der Waals surface area contributed by atoms with Crippen molar-refractivity contribution < 1.29 is 14.3 Å². The first-order valence-electron chi connectivity index (χ1n) is 10.8. The normalized spacial score (nSPS) is 28.4. The maximum absolute atomic E-state index is 12.8. The minimum Gasteiger partial charge on any atom is -0.431 e. The number of anilines is 1. The zero-order valence-corrected chi connectivity index (χ0v) is 18.1. The lowest BCUT2D eigenvalue weighted by atomic mass is 9.79. The number of ether oxygens (including phenoxy) is 2. The number of hydrogen-bond acceptors (Lipinski definition) is 7. The Morgan fingerprint density at radius 2 is 1.90 bits per heavy atom. The molecule has 0 saturated carbocycles. The van der Waals surface area contributed by atoms with Gasteiger partial charge in [-0.2, -0.15) is 4.98 Å². The van der Waals surface area contributed by atoms with Gasteiger partial charge in [0.1, 0.15) is 11.6 Å². The van der Waals surface area contributed by atoms with Crippen molar-refractivity contribution in [2.75, 3.05) is 44.3 Å². The number of fused-ring (bicyclic) bond motifs is 3. The van der Waals surface area contributed by atoms with Crippen LogP contribution in [0.15, 0.2) is 29.6 Å². The summed E-state index contributed by atoms with van der Waals surface area (Å²) in [5.41, 5.74) is 0.666. The summed E-state index contributed by atoms with van der Waals surface area (Å²) >= 11 is 1.48. The van der Waals surface area contributed by atoms with Crippen LogP contribution in [0.5, 0.6) is 10.9 Å². The molecule has 2 bridgehead atoms. The quantitative estimate of drug-likeness (QED) is 0.790. The highest BCUT2D eigenvalue weighted by Gasteiger charge is 2.40. The van der Waals surface area contributed by atoms with Gasteiger partial charge < -0.3 is 19.7 Å². The number of carbonyl (C=O) groups is 1. The van der Waals surface area contributed by atoms with Crippen molar-refractivity contribution in [2.24, 2.45) is 5.92 Å². The van der Waals surface area contributed by atoms with Crippen molar-refractivity contribution in [1.29, 1.82) is 0 Å². The SMILES string of the molecule is C[C@H]1[C@H](NC(=O)c2ccc(Oc3nc(N4CCOCC4)cs3)cc2)C2CCN1CC2. The number of aromatic nitrogens is 1. The Morgan fingerprint density at radius 1 is 1.17 bits per heavy atom. The minimum absolute atomic E-state index is 0.00370. The molecule has 0 spiro atoms. The molecule has 1 aromatic heterocycles. The Bertz CT molecular complexity index is 871. The average molecular weight is 429 g/mol. The second-order valence-corrected chi connectivity index (χ2v) is 9.13. The molecule has 0 aliphatic carbocycles. The zero-order valence-electron chi connectivity index (χ0n) is 17.3. The van der Waals surface area contributed by atoms with E-state index in [1.165, 1.54) is 24.2 Å². The predicted octanol–water partition coefficient (Wildman–Crippen LogP) is 2.98. The summed E-state index contributed by atoms with van der Waals surface area (Å²) in [5.74, 6) is 2.21. The monoisotopic (exact) mass is 428 g/mol. The standard InChI is InChI=1S/C22H28N4O3S/c1-15-20(16-6-8-25(15)9-7-16)24-21(27)17-2-4-18(5-3-17)29-22-23-19(14-30-22)26-10-12-28-13-11-26/h2-5,14-16,20H,6-13H2,1H3,(H,24,27)/t15-,20-/m0/s1. The molecule has 4 aliphatic heterocycles. The molecule has 4 aliphatic rings. The van der Waals surface area contributed by atoms with Gasteiger partial charge in [-0.3, -0.25) is 9.69 Å². The fourth-order valence-electron chi connectivity index (χ4n) is 4.79. The van der Waals surface area contributed by atoms with Crippen LogP contribution in [-0.2, 0) is 4.74 Å². The number of amides is 1. The Hall–Kier alpha value is -2.16. The second kappa shape index (κ2) is 8.53. The number of hydrogen-bond donors (Lipinski definition) is 1. The maximum Gasteiger partial charge on any atom is 0.280 e. The molecule has 4 fully saturated rings. The Balaban J connectivity index is 1.19. The van der Waals surface area contributed by atoms with Gasteiger partial charge >= 0.3 is 0 Å². The van der Waals surface area contributed by atoms with Crippen molar-refractivity contribution in [3.05, 3.63) is 35.2 Å². The smallest absolute Gasteiger partial charge is 0.280 e. The molecular weight excluding hydrogens is 400 g/mol. The van der Waals surface area contributed by atoms with Crippen LogP contribution in [-0.4, -0.2) is 67.3 Å². The van der Waals surface area contributed by atoms with Gasteiger partial charge in [-0.25, -0.2) is 0 Å². The fraction of sp³-hybridized carbons (Fsp3) is 0.545. The molecule has 1 amide bonds. The van der Waals surface area contributed by atoms with E-state index in [2.05, 4.69) is 27.0 Å². The summed E-state index contributed by atoms with van der Waals surface area (Å²) in [6, 6.07) is 7.98.